The lowest BCUT2D eigenvalue weighted by Gasteiger charge is -2.31. The Morgan fingerprint density at radius 2 is 2.26 bits per heavy atom. The van der Waals surface area contributed by atoms with Crippen molar-refractivity contribution in [2.24, 2.45) is 5.73 Å². The molecular formula is C14H22N4S. The molecule has 2 rings (SSSR count). The maximum atomic E-state index is 5.84. The molecule has 0 amide bonds. The Labute approximate surface area is 120 Å². The van der Waals surface area contributed by atoms with Crippen molar-refractivity contribution in [1.82, 2.24) is 9.88 Å². The second-order valence-electron chi connectivity index (χ2n) is 5.38. The second-order valence-corrected chi connectivity index (χ2v) is 5.82. The van der Waals surface area contributed by atoms with Gasteiger partial charge in [-0.15, -0.1) is 0 Å². The van der Waals surface area contributed by atoms with Gasteiger partial charge in [-0.2, -0.15) is 0 Å². The van der Waals surface area contributed by atoms with Crippen LogP contribution in [0.25, 0.3) is 0 Å². The van der Waals surface area contributed by atoms with Gasteiger partial charge in [0.2, 0.25) is 0 Å². The van der Waals surface area contributed by atoms with E-state index in [1.807, 2.05) is 19.9 Å². The summed E-state index contributed by atoms with van der Waals surface area (Å²) < 4.78 is 0. The summed E-state index contributed by atoms with van der Waals surface area (Å²) >= 11 is 5.16. The fourth-order valence-corrected chi connectivity index (χ4v) is 3.02. The van der Waals surface area contributed by atoms with Gasteiger partial charge >= 0.3 is 0 Å². The number of aryl methyl sites for hydroxylation is 2. The van der Waals surface area contributed by atoms with Gasteiger partial charge < -0.3 is 16.0 Å². The largest absolute Gasteiger partial charge is 0.389 e. The molecule has 0 spiro atoms. The van der Waals surface area contributed by atoms with Crippen molar-refractivity contribution in [2.75, 3.05) is 25.5 Å². The van der Waals surface area contributed by atoms with Gasteiger partial charge in [0.1, 0.15) is 4.99 Å². The maximum absolute atomic E-state index is 5.84. The first kappa shape index (κ1) is 14.2. The van der Waals surface area contributed by atoms with Gasteiger partial charge in [0, 0.05) is 29.7 Å². The Morgan fingerprint density at radius 3 is 2.89 bits per heavy atom. The van der Waals surface area contributed by atoms with Gasteiger partial charge in [-0.25, -0.2) is 0 Å². The van der Waals surface area contributed by atoms with Crippen LogP contribution in [0, 0.1) is 13.8 Å². The number of pyridine rings is 1. The van der Waals surface area contributed by atoms with E-state index in [9.17, 15) is 0 Å². The molecule has 1 aromatic heterocycles. The quantitative estimate of drug-likeness (QED) is 0.826. The number of hydrogen-bond acceptors (Lipinski definition) is 4. The van der Waals surface area contributed by atoms with Crippen molar-refractivity contribution in [3.05, 3.63) is 23.0 Å². The topological polar surface area (TPSA) is 54.2 Å². The van der Waals surface area contributed by atoms with Crippen molar-refractivity contribution >= 4 is 22.9 Å². The van der Waals surface area contributed by atoms with Crippen molar-refractivity contribution in [3.8, 4) is 0 Å². The Hall–Kier alpha value is -1.20. The summed E-state index contributed by atoms with van der Waals surface area (Å²) in [5, 5.41) is 3.59. The number of aromatic nitrogens is 1. The summed E-state index contributed by atoms with van der Waals surface area (Å²) in [6.45, 7) is 6.18. The summed E-state index contributed by atoms with van der Waals surface area (Å²) in [4.78, 5) is 7.21. The van der Waals surface area contributed by atoms with Crippen LogP contribution in [0.15, 0.2) is 6.07 Å². The third-order valence-electron chi connectivity index (χ3n) is 3.56. The number of likely N-dealkylation sites (N-methyl/N-ethyl adjacent to an activating group) is 1. The molecule has 1 saturated heterocycles. The van der Waals surface area contributed by atoms with E-state index in [1.165, 1.54) is 19.4 Å². The minimum Gasteiger partial charge on any atom is -0.389 e. The van der Waals surface area contributed by atoms with Crippen LogP contribution in [-0.4, -0.2) is 41.1 Å². The lowest BCUT2D eigenvalue weighted by Crippen LogP contribution is -2.40. The highest BCUT2D eigenvalue weighted by Gasteiger charge is 2.19. The normalized spacial score (nSPS) is 20.3. The third kappa shape index (κ3) is 3.42. The van der Waals surface area contributed by atoms with Gasteiger partial charge in [-0.05, 0) is 46.3 Å². The molecule has 0 aromatic carbocycles. The van der Waals surface area contributed by atoms with E-state index in [0.29, 0.717) is 11.0 Å². The van der Waals surface area contributed by atoms with Crippen LogP contribution in [0.4, 0.5) is 5.69 Å². The van der Waals surface area contributed by atoms with Crippen molar-refractivity contribution in [3.63, 3.8) is 0 Å². The molecule has 4 nitrogen and oxygen atoms in total. The Morgan fingerprint density at radius 1 is 1.53 bits per heavy atom. The maximum Gasteiger partial charge on any atom is 0.107 e. The van der Waals surface area contributed by atoms with E-state index in [4.69, 9.17) is 18.0 Å². The first-order chi connectivity index (χ1) is 8.97. The minimum atomic E-state index is 0.414. The summed E-state index contributed by atoms with van der Waals surface area (Å²) in [5.41, 5.74) is 9.64. The Balaban J connectivity index is 2.25. The Bertz CT molecular complexity index is 487. The fraction of sp³-hybridized carbons (Fsp3) is 0.571. The molecule has 0 bridgehead atoms. The van der Waals surface area contributed by atoms with Crippen LogP contribution in [0.5, 0.6) is 0 Å². The number of thiocarbonyl (C=S) groups is 1. The number of likely N-dealkylation sites (tertiary alicyclic amines) is 1. The molecule has 5 heteroatoms. The van der Waals surface area contributed by atoms with Crippen LogP contribution >= 0.6 is 12.2 Å². The summed E-state index contributed by atoms with van der Waals surface area (Å²) in [6, 6.07) is 2.49. The number of nitrogens with zero attached hydrogens (tertiary/aromatic N) is 2. The van der Waals surface area contributed by atoms with Gasteiger partial charge in [0.15, 0.2) is 0 Å². The molecule has 0 radical (unpaired) electrons. The minimum absolute atomic E-state index is 0.414. The zero-order valence-corrected chi connectivity index (χ0v) is 12.7. The SMILES string of the molecule is Cc1cc(NC2CCCN(C)C2)c(C(N)=S)c(C)n1. The zero-order valence-electron chi connectivity index (χ0n) is 11.9. The van der Waals surface area contributed by atoms with Gasteiger partial charge in [0.25, 0.3) is 0 Å². The molecule has 104 valence electrons. The average molecular weight is 278 g/mol. The number of rotatable bonds is 3. The average Bonchev–Trinajstić information content (AvgIpc) is 2.26. The van der Waals surface area contributed by atoms with E-state index in [1.54, 1.807) is 0 Å². The van der Waals surface area contributed by atoms with E-state index in [2.05, 4.69) is 22.2 Å². The van der Waals surface area contributed by atoms with Gasteiger partial charge in [0.05, 0.1) is 5.56 Å². The molecule has 19 heavy (non-hydrogen) atoms. The van der Waals surface area contributed by atoms with Crippen molar-refractivity contribution < 1.29 is 0 Å². The van der Waals surface area contributed by atoms with Crippen LogP contribution in [0.2, 0.25) is 0 Å². The number of piperidine rings is 1. The summed E-state index contributed by atoms with van der Waals surface area (Å²) in [6.07, 6.45) is 2.40. The predicted molar refractivity (Wildman–Crippen MR) is 83.7 cm³/mol. The predicted octanol–water partition coefficient (Wildman–Crippen LogP) is 1.84. The molecule has 0 saturated carbocycles. The second kappa shape index (κ2) is 5.84. The summed E-state index contributed by atoms with van der Waals surface area (Å²) in [5.74, 6) is 0. The molecular weight excluding hydrogens is 256 g/mol. The number of nitrogens with two attached hydrogens (primary N) is 1. The highest BCUT2D eigenvalue weighted by molar-refractivity contribution is 7.80. The van der Waals surface area contributed by atoms with Crippen LogP contribution in [0.3, 0.4) is 0 Å². The smallest absolute Gasteiger partial charge is 0.107 e. The van der Waals surface area contributed by atoms with Crippen molar-refractivity contribution in [2.45, 2.75) is 32.7 Å². The molecule has 1 aromatic rings. The van der Waals surface area contributed by atoms with Crippen molar-refractivity contribution in [1.29, 1.82) is 0 Å². The van der Waals surface area contributed by atoms with E-state index >= 15 is 0 Å². The summed E-state index contributed by atoms with van der Waals surface area (Å²) in [7, 11) is 2.16. The number of hydrogen-bond donors (Lipinski definition) is 2. The fourth-order valence-electron chi connectivity index (χ4n) is 2.76. The zero-order chi connectivity index (χ0) is 14.0. The molecule has 1 aliphatic rings. The Kier molecular flexibility index (Phi) is 4.37. The highest BCUT2D eigenvalue weighted by Crippen LogP contribution is 2.22. The highest BCUT2D eigenvalue weighted by atomic mass is 32.1. The van der Waals surface area contributed by atoms with Crippen LogP contribution in [-0.2, 0) is 0 Å². The molecule has 1 atom stereocenters. The lowest BCUT2D eigenvalue weighted by molar-refractivity contribution is 0.261. The van der Waals surface area contributed by atoms with Gasteiger partial charge in [-0.3, -0.25) is 4.98 Å². The molecule has 2 heterocycles. The first-order valence-corrected chi connectivity index (χ1v) is 7.11. The van der Waals surface area contributed by atoms with E-state index in [0.717, 1.165) is 29.2 Å². The third-order valence-corrected chi connectivity index (χ3v) is 3.76. The molecule has 0 aliphatic carbocycles. The molecule has 3 N–H and O–H groups in total. The lowest BCUT2D eigenvalue weighted by atomic mass is 10.0. The molecule has 1 fully saturated rings. The molecule has 1 aliphatic heterocycles. The van der Waals surface area contributed by atoms with Crippen LogP contribution in [0.1, 0.15) is 29.8 Å². The standard InChI is InChI=1S/C14H22N4S/c1-9-7-12(13(14(15)19)10(2)16-9)17-11-5-4-6-18(3)8-11/h7,11H,4-6,8H2,1-3H3,(H2,15,19)(H,16,17). The number of nitrogens with one attached hydrogen (secondary N) is 1. The van der Waals surface area contributed by atoms with Gasteiger partial charge in [-0.1, -0.05) is 12.2 Å². The van der Waals surface area contributed by atoms with E-state index in [-0.39, 0.29) is 0 Å². The van der Waals surface area contributed by atoms with E-state index < -0.39 is 0 Å². The van der Waals surface area contributed by atoms with Crippen LogP contribution < -0.4 is 11.1 Å². The molecule has 1 unspecified atom stereocenters. The monoisotopic (exact) mass is 278 g/mol. The first-order valence-electron chi connectivity index (χ1n) is 6.70. The number of anilines is 1.